The monoisotopic (exact) mass is 302 g/mol. The Morgan fingerprint density at radius 1 is 1.32 bits per heavy atom. The molecular weight excluding hydrogens is 284 g/mol. The van der Waals surface area contributed by atoms with Gasteiger partial charge in [0, 0.05) is 18.3 Å². The third-order valence-electron chi connectivity index (χ3n) is 3.88. The first-order chi connectivity index (χ1) is 10.6. The average molecular weight is 302 g/mol. The first kappa shape index (κ1) is 14.4. The molecule has 1 atom stereocenters. The lowest BCUT2D eigenvalue weighted by atomic mass is 10.0. The quantitative estimate of drug-likeness (QED) is 0.871. The molecule has 0 saturated heterocycles. The van der Waals surface area contributed by atoms with Gasteiger partial charge in [0.2, 0.25) is 5.91 Å². The van der Waals surface area contributed by atoms with Crippen molar-refractivity contribution in [3.05, 3.63) is 39.6 Å². The Bertz CT molecular complexity index is 763. The normalized spacial score (nSPS) is 17.6. The summed E-state index contributed by atoms with van der Waals surface area (Å²) in [6.07, 6.45) is 2.52. The number of aromatic nitrogens is 5. The zero-order chi connectivity index (χ0) is 15.7. The van der Waals surface area contributed by atoms with Crippen molar-refractivity contribution >= 4 is 5.91 Å². The second-order valence-corrected chi connectivity index (χ2v) is 5.63. The number of carbonyl (C=O) groups excluding carboxylic acids is 1. The van der Waals surface area contributed by atoms with Crippen LogP contribution in [0.5, 0.6) is 0 Å². The largest absolute Gasteiger partial charge is 0.272 e. The van der Waals surface area contributed by atoms with Gasteiger partial charge >= 0.3 is 0 Å². The number of hydrogen-bond acceptors (Lipinski definition) is 5. The number of nitrogens with zero attached hydrogens (tertiary/aromatic N) is 5. The van der Waals surface area contributed by atoms with Gasteiger partial charge in [-0.15, -0.1) is 5.10 Å². The molecule has 0 bridgehead atoms. The van der Waals surface area contributed by atoms with Crippen LogP contribution in [0, 0.1) is 13.8 Å². The third-order valence-corrected chi connectivity index (χ3v) is 3.88. The molecule has 1 aliphatic heterocycles. The van der Waals surface area contributed by atoms with Gasteiger partial charge in [-0.3, -0.25) is 15.0 Å². The zero-order valence-corrected chi connectivity index (χ0v) is 12.6. The van der Waals surface area contributed by atoms with Crippen molar-refractivity contribution in [1.82, 2.24) is 24.9 Å². The molecule has 1 aliphatic rings. The summed E-state index contributed by atoms with van der Waals surface area (Å²) in [6, 6.07) is 3.34. The fourth-order valence-electron chi connectivity index (χ4n) is 2.81. The lowest BCUT2D eigenvalue weighted by molar-refractivity contribution is -0.118. The van der Waals surface area contributed by atoms with Crippen molar-refractivity contribution in [2.75, 3.05) is 5.43 Å². The molecule has 116 valence electrons. The maximum absolute atomic E-state index is 12.6. The zero-order valence-electron chi connectivity index (χ0n) is 12.6. The van der Waals surface area contributed by atoms with E-state index in [1.54, 1.807) is 11.6 Å². The van der Waals surface area contributed by atoms with Crippen LogP contribution in [0.3, 0.4) is 0 Å². The maximum Gasteiger partial charge on any atom is 0.269 e. The SMILES string of the molecule is Cc1cc(C)n(NC(=O)[C@H]2CCCCn3nnnc32)c(=O)c1. The summed E-state index contributed by atoms with van der Waals surface area (Å²) in [5.41, 5.74) is 3.99. The van der Waals surface area contributed by atoms with Crippen molar-refractivity contribution < 1.29 is 4.79 Å². The Kier molecular flexibility index (Phi) is 3.74. The first-order valence-corrected chi connectivity index (χ1v) is 7.33. The second-order valence-electron chi connectivity index (χ2n) is 5.63. The molecule has 0 fully saturated rings. The van der Waals surface area contributed by atoms with Crippen LogP contribution in [0.4, 0.5) is 0 Å². The summed E-state index contributed by atoms with van der Waals surface area (Å²) in [5, 5.41) is 11.5. The maximum atomic E-state index is 12.6. The highest BCUT2D eigenvalue weighted by atomic mass is 16.2. The summed E-state index contributed by atoms with van der Waals surface area (Å²) < 4.78 is 2.94. The van der Waals surface area contributed by atoms with Gasteiger partial charge in [0.1, 0.15) is 5.92 Å². The van der Waals surface area contributed by atoms with Gasteiger partial charge < -0.3 is 0 Å². The molecule has 3 heterocycles. The van der Waals surface area contributed by atoms with Crippen molar-refractivity contribution in [1.29, 1.82) is 0 Å². The number of aryl methyl sites for hydroxylation is 3. The average Bonchev–Trinajstić information content (AvgIpc) is 2.82. The predicted molar refractivity (Wildman–Crippen MR) is 79.0 cm³/mol. The van der Waals surface area contributed by atoms with Gasteiger partial charge in [0.25, 0.3) is 5.56 Å². The number of pyridine rings is 1. The van der Waals surface area contributed by atoms with Gasteiger partial charge in [-0.25, -0.2) is 9.36 Å². The molecule has 0 saturated carbocycles. The van der Waals surface area contributed by atoms with Gasteiger partial charge in [-0.05, 0) is 48.7 Å². The van der Waals surface area contributed by atoms with Crippen LogP contribution in [0.15, 0.2) is 16.9 Å². The highest BCUT2D eigenvalue weighted by Gasteiger charge is 2.29. The van der Waals surface area contributed by atoms with Crippen molar-refractivity contribution in [2.24, 2.45) is 0 Å². The number of amides is 1. The Balaban J connectivity index is 1.89. The topological polar surface area (TPSA) is 94.7 Å². The molecule has 0 radical (unpaired) electrons. The van der Waals surface area contributed by atoms with E-state index in [-0.39, 0.29) is 11.5 Å². The molecule has 3 rings (SSSR count). The fraction of sp³-hybridized carbons (Fsp3) is 0.500. The van der Waals surface area contributed by atoms with E-state index in [1.165, 1.54) is 10.7 Å². The smallest absolute Gasteiger partial charge is 0.269 e. The number of carbonyl (C=O) groups is 1. The van der Waals surface area contributed by atoms with Crippen LogP contribution >= 0.6 is 0 Å². The highest BCUT2D eigenvalue weighted by Crippen LogP contribution is 2.24. The summed E-state index contributed by atoms with van der Waals surface area (Å²) in [7, 11) is 0. The summed E-state index contributed by atoms with van der Waals surface area (Å²) in [4.78, 5) is 24.6. The molecule has 2 aromatic rings. The van der Waals surface area contributed by atoms with E-state index in [4.69, 9.17) is 0 Å². The van der Waals surface area contributed by atoms with Crippen molar-refractivity contribution in [3.8, 4) is 0 Å². The molecule has 1 N–H and O–H groups in total. The van der Waals surface area contributed by atoms with Gasteiger partial charge in [0.05, 0.1) is 0 Å². The minimum Gasteiger partial charge on any atom is -0.272 e. The standard InChI is InChI=1S/C14H18N6O2/c1-9-7-10(2)20(12(21)8-9)16-14(22)11-5-3-4-6-19-13(11)15-17-18-19/h7-8,11H,3-6H2,1-2H3,(H,16,22)/t11-/m0/s1. The van der Waals surface area contributed by atoms with Crippen molar-refractivity contribution in [2.45, 2.75) is 45.6 Å². The van der Waals surface area contributed by atoms with E-state index in [2.05, 4.69) is 21.0 Å². The van der Waals surface area contributed by atoms with Crippen LogP contribution < -0.4 is 11.0 Å². The minimum atomic E-state index is -0.440. The Morgan fingerprint density at radius 3 is 2.91 bits per heavy atom. The van der Waals surface area contributed by atoms with E-state index in [0.29, 0.717) is 17.9 Å². The highest BCUT2D eigenvalue weighted by molar-refractivity contribution is 5.89. The van der Waals surface area contributed by atoms with E-state index >= 15 is 0 Å². The van der Waals surface area contributed by atoms with E-state index in [9.17, 15) is 9.59 Å². The molecule has 0 spiro atoms. The third kappa shape index (κ3) is 2.63. The van der Waals surface area contributed by atoms with Crippen LogP contribution in [0.25, 0.3) is 0 Å². The van der Waals surface area contributed by atoms with Crippen LogP contribution in [-0.4, -0.2) is 30.8 Å². The van der Waals surface area contributed by atoms with E-state index in [1.807, 2.05) is 13.0 Å². The Morgan fingerprint density at radius 2 is 2.14 bits per heavy atom. The minimum absolute atomic E-state index is 0.251. The van der Waals surface area contributed by atoms with Crippen LogP contribution in [0.1, 0.15) is 42.3 Å². The molecular formula is C14H18N6O2. The fourth-order valence-corrected chi connectivity index (χ4v) is 2.81. The molecule has 8 nitrogen and oxygen atoms in total. The van der Waals surface area contributed by atoms with Gasteiger partial charge in [-0.1, -0.05) is 6.42 Å². The van der Waals surface area contributed by atoms with Crippen LogP contribution in [0.2, 0.25) is 0 Å². The number of rotatable bonds is 2. The molecule has 8 heteroatoms. The van der Waals surface area contributed by atoms with Gasteiger partial charge in [-0.2, -0.15) is 0 Å². The molecule has 0 aromatic carbocycles. The number of hydrogen-bond donors (Lipinski definition) is 1. The molecule has 2 aromatic heterocycles. The van der Waals surface area contributed by atoms with Crippen molar-refractivity contribution in [3.63, 3.8) is 0 Å². The molecule has 0 unspecified atom stereocenters. The Hall–Kier alpha value is -2.51. The summed E-state index contributed by atoms with van der Waals surface area (Å²) >= 11 is 0. The Labute approximate surface area is 127 Å². The van der Waals surface area contributed by atoms with E-state index < -0.39 is 5.92 Å². The summed E-state index contributed by atoms with van der Waals surface area (Å²) in [6.45, 7) is 4.35. The number of fused-ring (bicyclic) bond motifs is 1. The lowest BCUT2D eigenvalue weighted by Gasteiger charge is -2.16. The van der Waals surface area contributed by atoms with E-state index in [0.717, 1.165) is 24.9 Å². The first-order valence-electron chi connectivity index (χ1n) is 7.33. The molecule has 1 amide bonds. The molecule has 0 aliphatic carbocycles. The predicted octanol–water partition coefficient (Wildman–Crippen LogP) is 0.489. The summed E-state index contributed by atoms with van der Waals surface area (Å²) in [5.74, 6) is -0.134. The second kappa shape index (κ2) is 5.70. The van der Waals surface area contributed by atoms with Crippen LogP contribution in [-0.2, 0) is 11.3 Å². The van der Waals surface area contributed by atoms with Gasteiger partial charge in [0.15, 0.2) is 5.82 Å². The number of tetrazole rings is 1. The number of nitrogens with one attached hydrogen (secondary N) is 1. The molecule has 22 heavy (non-hydrogen) atoms. The lowest BCUT2D eigenvalue weighted by Crippen LogP contribution is -2.37.